The van der Waals surface area contributed by atoms with Crippen molar-refractivity contribution in [2.45, 2.75) is 43.9 Å². The molecule has 2 saturated heterocycles. The summed E-state index contributed by atoms with van der Waals surface area (Å²) in [5.41, 5.74) is 4.91. The second kappa shape index (κ2) is 8.28. The minimum atomic E-state index is 0. The van der Waals surface area contributed by atoms with Gasteiger partial charge in [0.25, 0.3) is 0 Å². The normalized spacial score (nSPS) is 27.0. The number of nitrogens with zero attached hydrogens (tertiary/aromatic N) is 3. The highest BCUT2D eigenvalue weighted by Gasteiger charge is 2.50. The van der Waals surface area contributed by atoms with Crippen LogP contribution in [0.15, 0.2) is 54.6 Å². The number of likely N-dealkylation sites (tertiary alicyclic amines) is 1. The van der Waals surface area contributed by atoms with Crippen LogP contribution in [-0.4, -0.2) is 40.6 Å². The third kappa shape index (κ3) is 3.48. The van der Waals surface area contributed by atoms with E-state index in [0.29, 0.717) is 24.6 Å². The molecule has 7 rings (SSSR count). The fourth-order valence-corrected chi connectivity index (χ4v) is 5.89. The average Bonchev–Trinajstić information content (AvgIpc) is 3.06. The predicted octanol–water partition coefficient (Wildman–Crippen LogP) is 4.69. The molecule has 3 aromatic rings. The van der Waals surface area contributed by atoms with Crippen LogP contribution < -0.4 is 16.2 Å². The Hall–Kier alpha value is -2.67. The molecule has 1 aliphatic carbocycles. The molecular weight excluding hydrogens is 410 g/mol. The van der Waals surface area contributed by atoms with Crippen LogP contribution >= 0.6 is 0 Å². The third-order valence-electron chi connectivity index (χ3n) is 7.95. The van der Waals surface area contributed by atoms with Crippen molar-refractivity contribution >= 4 is 0 Å². The maximum absolute atomic E-state index is 6.10. The first-order valence-corrected chi connectivity index (χ1v) is 12.2. The molecule has 33 heavy (non-hydrogen) atoms. The molecule has 0 bridgehead atoms. The van der Waals surface area contributed by atoms with E-state index < -0.39 is 0 Å². The Morgan fingerprint density at radius 3 is 2.61 bits per heavy atom. The SMILES string of the molecule is N.c1ccc(COc2cccc(-c3nc(C4CC(CN5CCC5)C4)n4c3C3NCC34)c2)cc1. The van der Waals surface area contributed by atoms with Gasteiger partial charge in [0.15, 0.2) is 0 Å². The maximum Gasteiger partial charge on any atom is 0.120 e. The lowest BCUT2D eigenvalue weighted by Crippen LogP contribution is -2.56. The highest BCUT2D eigenvalue weighted by molar-refractivity contribution is 5.67. The van der Waals surface area contributed by atoms with Crippen LogP contribution in [0.1, 0.15) is 54.3 Å². The molecule has 6 heteroatoms. The first kappa shape index (κ1) is 20.9. The highest BCUT2D eigenvalue weighted by atomic mass is 16.5. The molecule has 3 aliphatic heterocycles. The van der Waals surface area contributed by atoms with Gasteiger partial charge in [0, 0.05) is 24.6 Å². The van der Waals surface area contributed by atoms with Crippen LogP contribution in [0, 0.1) is 5.92 Å². The molecule has 0 radical (unpaired) electrons. The molecule has 3 fully saturated rings. The molecule has 0 spiro atoms. The summed E-state index contributed by atoms with van der Waals surface area (Å²) in [5, 5.41) is 3.61. The summed E-state index contributed by atoms with van der Waals surface area (Å²) >= 11 is 0. The van der Waals surface area contributed by atoms with E-state index in [1.54, 1.807) is 0 Å². The van der Waals surface area contributed by atoms with Crippen molar-refractivity contribution in [1.82, 2.24) is 25.9 Å². The molecule has 2 unspecified atom stereocenters. The fraction of sp³-hybridized carbons (Fsp3) is 0.444. The van der Waals surface area contributed by atoms with E-state index in [4.69, 9.17) is 9.72 Å². The van der Waals surface area contributed by atoms with Crippen molar-refractivity contribution in [3.05, 3.63) is 71.7 Å². The topological polar surface area (TPSA) is 77.3 Å². The average molecular weight is 444 g/mol. The molecular formula is C27H33N5O. The van der Waals surface area contributed by atoms with Crippen molar-refractivity contribution in [2.75, 3.05) is 26.2 Å². The number of hydrogen-bond donors (Lipinski definition) is 2. The number of fused-ring (bicyclic) bond motifs is 4. The van der Waals surface area contributed by atoms with Crippen molar-refractivity contribution in [3.8, 4) is 17.0 Å². The quantitative estimate of drug-likeness (QED) is 0.554. The van der Waals surface area contributed by atoms with Crippen LogP contribution in [0.2, 0.25) is 0 Å². The first-order valence-electron chi connectivity index (χ1n) is 12.2. The van der Waals surface area contributed by atoms with E-state index in [0.717, 1.165) is 23.9 Å². The molecule has 4 heterocycles. The monoisotopic (exact) mass is 443 g/mol. The van der Waals surface area contributed by atoms with Gasteiger partial charge in [-0.1, -0.05) is 42.5 Å². The number of hydrogen-bond acceptors (Lipinski definition) is 5. The largest absolute Gasteiger partial charge is 0.489 e. The van der Waals surface area contributed by atoms with Gasteiger partial charge >= 0.3 is 0 Å². The van der Waals surface area contributed by atoms with Gasteiger partial charge in [-0.3, -0.25) is 0 Å². The van der Waals surface area contributed by atoms with Gasteiger partial charge in [0.05, 0.1) is 23.5 Å². The van der Waals surface area contributed by atoms with Gasteiger partial charge in [0.2, 0.25) is 0 Å². The summed E-state index contributed by atoms with van der Waals surface area (Å²) in [6.45, 7) is 5.59. The lowest BCUT2D eigenvalue weighted by molar-refractivity contribution is 0.0979. The molecule has 172 valence electrons. The predicted molar refractivity (Wildman–Crippen MR) is 130 cm³/mol. The zero-order chi connectivity index (χ0) is 21.1. The van der Waals surface area contributed by atoms with E-state index in [1.165, 1.54) is 61.5 Å². The molecule has 1 aromatic heterocycles. The van der Waals surface area contributed by atoms with Crippen molar-refractivity contribution < 1.29 is 4.74 Å². The second-order valence-corrected chi connectivity index (χ2v) is 10.0. The maximum atomic E-state index is 6.10. The summed E-state index contributed by atoms with van der Waals surface area (Å²) in [7, 11) is 0. The van der Waals surface area contributed by atoms with Crippen LogP contribution in [0.25, 0.3) is 11.3 Å². The van der Waals surface area contributed by atoms with Crippen LogP contribution in [0.5, 0.6) is 5.75 Å². The Morgan fingerprint density at radius 1 is 1.03 bits per heavy atom. The molecule has 0 amide bonds. The van der Waals surface area contributed by atoms with E-state index in [2.05, 4.69) is 57.2 Å². The van der Waals surface area contributed by atoms with Crippen LogP contribution in [-0.2, 0) is 6.61 Å². The fourth-order valence-electron chi connectivity index (χ4n) is 5.89. The van der Waals surface area contributed by atoms with Crippen LogP contribution in [0.4, 0.5) is 0 Å². The summed E-state index contributed by atoms with van der Waals surface area (Å²) in [5.74, 6) is 3.74. The minimum absolute atomic E-state index is 0. The first-order chi connectivity index (χ1) is 15.8. The Morgan fingerprint density at radius 2 is 1.88 bits per heavy atom. The Labute approximate surface area is 195 Å². The Bertz CT molecular complexity index is 1130. The van der Waals surface area contributed by atoms with E-state index in [1.807, 2.05) is 12.1 Å². The number of aromatic nitrogens is 2. The van der Waals surface area contributed by atoms with Crippen LogP contribution in [0.3, 0.4) is 0 Å². The van der Waals surface area contributed by atoms with E-state index in [9.17, 15) is 0 Å². The number of nitrogens with one attached hydrogen (secondary N) is 1. The van der Waals surface area contributed by atoms with Crippen molar-refractivity contribution in [1.29, 1.82) is 0 Å². The molecule has 2 atom stereocenters. The number of imidazole rings is 1. The van der Waals surface area contributed by atoms with Crippen molar-refractivity contribution in [3.63, 3.8) is 0 Å². The minimum Gasteiger partial charge on any atom is -0.489 e. The zero-order valence-electron chi connectivity index (χ0n) is 19.1. The third-order valence-corrected chi connectivity index (χ3v) is 7.95. The van der Waals surface area contributed by atoms with Crippen molar-refractivity contribution in [2.24, 2.45) is 5.92 Å². The van der Waals surface area contributed by atoms with Gasteiger partial charge in [0.1, 0.15) is 18.2 Å². The van der Waals surface area contributed by atoms with Gasteiger partial charge in [-0.05, 0) is 56.0 Å². The number of benzene rings is 2. The second-order valence-electron chi connectivity index (χ2n) is 10.0. The van der Waals surface area contributed by atoms with Gasteiger partial charge in [-0.25, -0.2) is 4.98 Å². The summed E-state index contributed by atoms with van der Waals surface area (Å²) < 4.78 is 8.67. The summed E-state index contributed by atoms with van der Waals surface area (Å²) in [4.78, 5) is 7.88. The molecule has 4 aliphatic rings. The summed E-state index contributed by atoms with van der Waals surface area (Å²) in [6.07, 6.45) is 3.99. The van der Waals surface area contributed by atoms with E-state index >= 15 is 0 Å². The van der Waals surface area contributed by atoms with E-state index in [-0.39, 0.29) is 6.15 Å². The number of ether oxygens (including phenoxy) is 1. The Balaban J connectivity index is 0.00000206. The Kier molecular flexibility index (Phi) is 5.24. The smallest absolute Gasteiger partial charge is 0.120 e. The highest BCUT2D eigenvalue weighted by Crippen LogP contribution is 2.53. The lowest BCUT2D eigenvalue weighted by Gasteiger charge is -2.51. The van der Waals surface area contributed by atoms with Gasteiger partial charge in [-0.15, -0.1) is 0 Å². The van der Waals surface area contributed by atoms with Gasteiger partial charge in [-0.2, -0.15) is 0 Å². The molecule has 1 saturated carbocycles. The number of rotatable bonds is 7. The molecule has 2 aromatic carbocycles. The standard InChI is InChI=1S/C27H30N4O.H3N/c1-2-6-18(7-3-1)17-32-22-9-4-8-20(14-22)24-26-25-23(15-28-25)31(26)27(29-24)21-12-19(13-21)16-30-10-5-11-30;/h1-4,6-9,14,19,21,23,25,28H,5,10-13,15-17H2;1H3. The zero-order valence-corrected chi connectivity index (χ0v) is 19.1. The molecule has 4 N–H and O–H groups in total. The van der Waals surface area contributed by atoms with Gasteiger partial charge < -0.3 is 25.7 Å². The summed E-state index contributed by atoms with van der Waals surface area (Å²) in [6, 6.07) is 19.9. The molecule has 6 nitrogen and oxygen atoms in total. The lowest BCUT2D eigenvalue weighted by atomic mass is 9.73.